The quantitative estimate of drug-likeness (QED) is 0.391. The molecule has 1 fully saturated rings. The number of imide groups is 1. The van der Waals surface area contributed by atoms with Gasteiger partial charge in [0, 0.05) is 42.7 Å². The molecule has 188 valence electrons. The smallest absolute Gasteiger partial charge is 0.328 e. The molecule has 0 bridgehead atoms. The Morgan fingerprint density at radius 1 is 1.03 bits per heavy atom. The summed E-state index contributed by atoms with van der Waals surface area (Å²) in [6, 6.07) is 19.2. The van der Waals surface area contributed by atoms with E-state index in [1.165, 1.54) is 6.07 Å². The largest absolute Gasteiger partial charge is 0.455 e. The van der Waals surface area contributed by atoms with Crippen molar-refractivity contribution in [3.63, 3.8) is 0 Å². The van der Waals surface area contributed by atoms with Gasteiger partial charge in [0.15, 0.2) is 0 Å². The fourth-order valence-corrected chi connectivity index (χ4v) is 4.49. The second kappa shape index (κ2) is 9.87. The van der Waals surface area contributed by atoms with E-state index in [9.17, 15) is 18.8 Å². The van der Waals surface area contributed by atoms with Gasteiger partial charge in [-0.3, -0.25) is 24.7 Å². The summed E-state index contributed by atoms with van der Waals surface area (Å²) in [6.07, 6.45) is 0.290. The number of halogens is 1. The zero-order valence-corrected chi connectivity index (χ0v) is 20.2. The minimum absolute atomic E-state index is 0.0156. The average Bonchev–Trinajstić information content (AvgIpc) is 3.28. The molecule has 1 aromatic heterocycles. The van der Waals surface area contributed by atoms with Crippen molar-refractivity contribution in [2.24, 2.45) is 5.73 Å². The maximum absolute atomic E-state index is 13.8. The maximum atomic E-state index is 13.8. The van der Waals surface area contributed by atoms with E-state index < -0.39 is 17.8 Å². The second-order valence-electron chi connectivity index (χ2n) is 9.14. The number of nitrogens with one attached hydrogen (secondary N) is 1. The van der Waals surface area contributed by atoms with E-state index in [0.717, 1.165) is 28.4 Å². The van der Waals surface area contributed by atoms with Gasteiger partial charge in [0.2, 0.25) is 5.91 Å². The molecular weight excluding hydrogens is 475 g/mol. The molecule has 9 heteroatoms. The first kappa shape index (κ1) is 24.2. The summed E-state index contributed by atoms with van der Waals surface area (Å²) in [6.45, 7) is 1.78. The summed E-state index contributed by atoms with van der Waals surface area (Å²) >= 11 is 0. The number of hydrogen-bond donors (Lipinski definition) is 2. The highest BCUT2D eigenvalue weighted by Gasteiger charge is 2.24. The third-order valence-electron chi connectivity index (χ3n) is 6.29. The summed E-state index contributed by atoms with van der Waals surface area (Å²) in [5.41, 5.74) is 9.40. The number of urea groups is 1. The Balaban J connectivity index is 1.23. The third-order valence-corrected chi connectivity index (χ3v) is 6.29. The third kappa shape index (κ3) is 5.22. The van der Waals surface area contributed by atoms with Crippen molar-refractivity contribution in [2.45, 2.75) is 19.5 Å². The Bertz CT molecular complexity index is 1500. The first-order chi connectivity index (χ1) is 17.8. The molecule has 3 N–H and O–H groups in total. The number of primary amides is 1. The predicted molar refractivity (Wildman–Crippen MR) is 137 cm³/mol. The van der Waals surface area contributed by atoms with Crippen molar-refractivity contribution in [2.75, 3.05) is 18.5 Å². The normalized spacial score (nSPS) is 13.9. The van der Waals surface area contributed by atoms with Crippen LogP contribution in [-0.4, -0.2) is 36.3 Å². The molecule has 2 heterocycles. The highest BCUT2D eigenvalue weighted by molar-refractivity contribution is 6.06. The second-order valence-corrected chi connectivity index (χ2v) is 9.14. The standard InChI is InChI=1S/C28H25FN4O4/c1-32(16-18-4-8-22(9-5-18)33-11-10-25(34)31-28(33)36)15-17-2-6-19(7-3-17)24-13-20-12-21(29)14-23(27(30)35)26(20)37-24/h2-9,12-14H,10-11,15-16H2,1H3,(H2,30,35)(H,31,34,36). The van der Waals surface area contributed by atoms with E-state index in [2.05, 4.69) is 10.2 Å². The Labute approximate surface area is 212 Å². The van der Waals surface area contributed by atoms with Crippen LogP contribution >= 0.6 is 0 Å². The van der Waals surface area contributed by atoms with Crippen LogP contribution in [0, 0.1) is 5.82 Å². The van der Waals surface area contributed by atoms with E-state index in [1.807, 2.05) is 55.6 Å². The molecule has 4 amide bonds. The molecule has 0 radical (unpaired) electrons. The molecule has 1 saturated heterocycles. The number of amides is 4. The highest BCUT2D eigenvalue weighted by Crippen LogP contribution is 2.31. The van der Waals surface area contributed by atoms with Crippen LogP contribution in [0.3, 0.4) is 0 Å². The molecule has 0 saturated carbocycles. The molecule has 0 spiro atoms. The van der Waals surface area contributed by atoms with Crippen LogP contribution < -0.4 is 16.0 Å². The number of anilines is 1. The van der Waals surface area contributed by atoms with E-state index >= 15 is 0 Å². The molecule has 1 aliphatic rings. The van der Waals surface area contributed by atoms with Gasteiger partial charge in [-0.05, 0) is 48.5 Å². The van der Waals surface area contributed by atoms with Gasteiger partial charge in [-0.2, -0.15) is 0 Å². The van der Waals surface area contributed by atoms with E-state index in [4.69, 9.17) is 10.2 Å². The van der Waals surface area contributed by atoms with Crippen molar-refractivity contribution < 1.29 is 23.2 Å². The lowest BCUT2D eigenvalue weighted by Gasteiger charge is -2.26. The van der Waals surface area contributed by atoms with E-state index in [-0.39, 0.29) is 17.1 Å². The monoisotopic (exact) mass is 500 g/mol. The van der Waals surface area contributed by atoms with E-state index in [1.54, 1.807) is 11.0 Å². The zero-order chi connectivity index (χ0) is 26.1. The predicted octanol–water partition coefficient (Wildman–Crippen LogP) is 4.42. The van der Waals surface area contributed by atoms with Crippen molar-refractivity contribution >= 4 is 34.5 Å². The van der Waals surface area contributed by atoms with Gasteiger partial charge >= 0.3 is 6.03 Å². The molecule has 4 aromatic rings. The van der Waals surface area contributed by atoms with E-state index in [0.29, 0.717) is 37.2 Å². The lowest BCUT2D eigenvalue weighted by atomic mass is 10.1. The fourth-order valence-electron chi connectivity index (χ4n) is 4.49. The minimum Gasteiger partial charge on any atom is -0.455 e. The van der Waals surface area contributed by atoms with Gasteiger partial charge in [-0.25, -0.2) is 9.18 Å². The van der Waals surface area contributed by atoms with Gasteiger partial charge in [-0.15, -0.1) is 0 Å². The Morgan fingerprint density at radius 3 is 2.30 bits per heavy atom. The van der Waals surface area contributed by atoms with Gasteiger partial charge in [0.05, 0.1) is 5.56 Å². The summed E-state index contributed by atoms with van der Waals surface area (Å²) in [5.74, 6) is -1.02. The van der Waals surface area contributed by atoms with Crippen molar-refractivity contribution in [1.82, 2.24) is 10.2 Å². The molecule has 1 aliphatic heterocycles. The van der Waals surface area contributed by atoms with Crippen LogP contribution in [0.2, 0.25) is 0 Å². The van der Waals surface area contributed by atoms with Crippen LogP contribution in [0.25, 0.3) is 22.3 Å². The number of nitrogens with zero attached hydrogens (tertiary/aromatic N) is 2. The number of furan rings is 1. The number of rotatable bonds is 7. The Hall–Kier alpha value is -4.50. The van der Waals surface area contributed by atoms with Crippen molar-refractivity contribution in [3.8, 4) is 11.3 Å². The topological polar surface area (TPSA) is 109 Å². The van der Waals surface area contributed by atoms with Crippen LogP contribution in [0.15, 0.2) is 71.1 Å². The first-order valence-electron chi connectivity index (χ1n) is 11.8. The fraction of sp³-hybridized carbons (Fsp3) is 0.179. The van der Waals surface area contributed by atoms with Crippen LogP contribution in [0.5, 0.6) is 0 Å². The summed E-state index contributed by atoms with van der Waals surface area (Å²) < 4.78 is 19.7. The van der Waals surface area contributed by atoms with Crippen LogP contribution in [0.1, 0.15) is 27.9 Å². The average molecular weight is 501 g/mol. The lowest BCUT2D eigenvalue weighted by Crippen LogP contribution is -2.49. The minimum atomic E-state index is -0.744. The molecule has 0 atom stereocenters. The molecule has 8 nitrogen and oxygen atoms in total. The summed E-state index contributed by atoms with van der Waals surface area (Å²) in [4.78, 5) is 38.8. The summed E-state index contributed by atoms with van der Waals surface area (Å²) in [5, 5.41) is 2.81. The number of carbonyl (C=O) groups is 3. The maximum Gasteiger partial charge on any atom is 0.328 e. The molecule has 0 aliphatic carbocycles. The molecule has 0 unspecified atom stereocenters. The summed E-state index contributed by atoms with van der Waals surface area (Å²) in [7, 11) is 2.02. The van der Waals surface area contributed by atoms with Crippen molar-refractivity contribution in [3.05, 3.63) is 89.2 Å². The van der Waals surface area contributed by atoms with Gasteiger partial charge in [0.25, 0.3) is 5.91 Å². The Morgan fingerprint density at radius 2 is 1.68 bits per heavy atom. The number of fused-ring (bicyclic) bond motifs is 1. The Kier molecular flexibility index (Phi) is 6.45. The molecule has 3 aromatic carbocycles. The van der Waals surface area contributed by atoms with Crippen LogP contribution in [-0.2, 0) is 17.9 Å². The molecular formula is C28H25FN4O4. The lowest BCUT2D eigenvalue weighted by molar-refractivity contribution is -0.120. The number of hydrogen-bond acceptors (Lipinski definition) is 5. The zero-order valence-electron chi connectivity index (χ0n) is 20.2. The van der Waals surface area contributed by atoms with Crippen LogP contribution in [0.4, 0.5) is 14.9 Å². The van der Waals surface area contributed by atoms with Gasteiger partial charge in [0.1, 0.15) is 17.2 Å². The number of benzene rings is 3. The SMILES string of the molecule is CN(Cc1ccc(-c2cc3cc(F)cc(C(N)=O)c3o2)cc1)Cc1ccc(N2CCC(=O)NC2=O)cc1. The van der Waals surface area contributed by atoms with Crippen molar-refractivity contribution in [1.29, 1.82) is 0 Å². The van der Waals surface area contributed by atoms with Gasteiger partial charge in [-0.1, -0.05) is 36.4 Å². The number of nitrogens with two attached hydrogens (primary N) is 1. The number of carbonyl (C=O) groups excluding carboxylic acids is 3. The highest BCUT2D eigenvalue weighted by atomic mass is 19.1. The first-order valence-corrected chi connectivity index (χ1v) is 11.8. The molecule has 37 heavy (non-hydrogen) atoms. The molecule has 5 rings (SSSR count). The van der Waals surface area contributed by atoms with Gasteiger partial charge < -0.3 is 10.2 Å².